The summed E-state index contributed by atoms with van der Waals surface area (Å²) in [6, 6.07) is 5.24. The average molecular weight is 502 g/mol. The molecule has 4 atom stereocenters. The number of amides is 1. The molecule has 178 valence electrons. The van der Waals surface area contributed by atoms with E-state index >= 15 is 4.39 Å². The number of hydrogen-bond donors (Lipinski definition) is 1. The number of nitriles is 1. The zero-order valence-electron chi connectivity index (χ0n) is 18.2. The summed E-state index contributed by atoms with van der Waals surface area (Å²) < 4.78 is 60.6. The Bertz CT molecular complexity index is 1110. The highest BCUT2D eigenvalue weighted by Gasteiger charge is 2.51. The van der Waals surface area contributed by atoms with Crippen molar-refractivity contribution in [3.63, 3.8) is 0 Å². The van der Waals surface area contributed by atoms with Crippen LogP contribution in [0.25, 0.3) is 10.1 Å². The Kier molecular flexibility index (Phi) is 6.20. The molecule has 1 aromatic heterocycles. The molecule has 2 aliphatic heterocycles. The van der Waals surface area contributed by atoms with Gasteiger partial charge in [-0.1, -0.05) is 12.1 Å². The van der Waals surface area contributed by atoms with Gasteiger partial charge in [-0.15, -0.1) is 11.3 Å². The number of thioether (sulfide) groups is 1. The number of carbonyl (C=O) groups is 1. The average Bonchev–Trinajstić information content (AvgIpc) is 3.22. The van der Waals surface area contributed by atoms with E-state index in [-0.39, 0.29) is 27.6 Å². The van der Waals surface area contributed by atoms with E-state index in [1.807, 2.05) is 6.07 Å². The number of nitrogens with zero attached hydrogens (tertiary/aromatic N) is 2. The monoisotopic (exact) mass is 501 g/mol. The second kappa shape index (κ2) is 8.55. The second-order valence-corrected chi connectivity index (χ2v) is 11.3. The smallest absolute Gasteiger partial charge is 0.444 e. The summed E-state index contributed by atoms with van der Waals surface area (Å²) in [5.74, 6) is 0. The molecule has 11 heteroatoms. The Labute approximate surface area is 197 Å². The maximum absolute atomic E-state index is 15.5. The summed E-state index contributed by atoms with van der Waals surface area (Å²) in [6.07, 6.45) is -0.350. The second-order valence-electron chi connectivity index (χ2n) is 9.22. The Hall–Kier alpha value is -2.19. The van der Waals surface area contributed by atoms with Gasteiger partial charge in [-0.05, 0) is 57.9 Å². The van der Waals surface area contributed by atoms with Gasteiger partial charge in [0.25, 0.3) is 0 Å². The number of benzene rings is 1. The van der Waals surface area contributed by atoms with E-state index in [4.69, 9.17) is 4.74 Å². The van der Waals surface area contributed by atoms with Gasteiger partial charge in [-0.3, -0.25) is 4.90 Å². The van der Waals surface area contributed by atoms with E-state index in [0.717, 1.165) is 11.3 Å². The number of piperidine rings is 1. The van der Waals surface area contributed by atoms with Crippen molar-refractivity contribution in [3.8, 4) is 6.07 Å². The zero-order chi connectivity index (χ0) is 24.1. The van der Waals surface area contributed by atoms with Crippen molar-refractivity contribution in [1.82, 2.24) is 4.90 Å². The molecule has 4 rings (SSSR count). The molecule has 2 aliphatic rings. The molecular formula is C22H23F4N3O2S2. The van der Waals surface area contributed by atoms with E-state index in [2.05, 4.69) is 5.32 Å². The van der Waals surface area contributed by atoms with Crippen molar-refractivity contribution in [1.29, 1.82) is 5.26 Å². The number of rotatable bonds is 3. The van der Waals surface area contributed by atoms with Gasteiger partial charge < -0.3 is 10.1 Å². The Balaban J connectivity index is 1.59. The number of thiophene rings is 1. The Morgan fingerprint density at radius 2 is 2.03 bits per heavy atom. The molecule has 2 saturated heterocycles. The van der Waals surface area contributed by atoms with Crippen LogP contribution < -0.4 is 5.32 Å². The van der Waals surface area contributed by atoms with Crippen LogP contribution in [0.15, 0.2) is 23.1 Å². The minimum atomic E-state index is -4.53. The highest BCUT2D eigenvalue weighted by Crippen LogP contribution is 2.48. The summed E-state index contributed by atoms with van der Waals surface area (Å²) in [5, 5.41) is 12.8. The van der Waals surface area contributed by atoms with E-state index < -0.39 is 35.5 Å². The van der Waals surface area contributed by atoms with Crippen LogP contribution in [-0.4, -0.2) is 46.4 Å². The van der Waals surface area contributed by atoms with E-state index in [0.29, 0.717) is 35.0 Å². The van der Waals surface area contributed by atoms with Gasteiger partial charge in [-0.2, -0.15) is 18.4 Å². The van der Waals surface area contributed by atoms with E-state index in [9.17, 15) is 23.2 Å². The molecule has 2 bridgehead atoms. The first-order valence-corrected chi connectivity index (χ1v) is 12.1. The van der Waals surface area contributed by atoms with Crippen molar-refractivity contribution in [3.05, 3.63) is 23.1 Å². The van der Waals surface area contributed by atoms with Gasteiger partial charge in [-0.25, -0.2) is 9.18 Å². The molecule has 0 saturated carbocycles. The molecule has 2 aromatic rings. The van der Waals surface area contributed by atoms with Gasteiger partial charge in [0.05, 0.1) is 27.4 Å². The summed E-state index contributed by atoms with van der Waals surface area (Å²) in [6.45, 7) is 5.28. The van der Waals surface area contributed by atoms with Crippen LogP contribution >= 0.6 is 23.1 Å². The number of hydrogen-bond acceptors (Lipinski definition) is 6. The lowest BCUT2D eigenvalue weighted by Crippen LogP contribution is -2.57. The molecule has 0 radical (unpaired) electrons. The Morgan fingerprint density at radius 3 is 2.67 bits per heavy atom. The molecule has 33 heavy (non-hydrogen) atoms. The fraction of sp³-hybridized carbons (Fsp3) is 0.545. The first-order chi connectivity index (χ1) is 15.4. The molecular weight excluding hydrogens is 478 g/mol. The molecule has 2 fully saturated rings. The van der Waals surface area contributed by atoms with Crippen LogP contribution in [0, 0.1) is 11.3 Å². The minimum absolute atomic E-state index is 0.0295. The third-order valence-electron chi connectivity index (χ3n) is 5.76. The number of anilines is 1. The van der Waals surface area contributed by atoms with E-state index in [1.54, 1.807) is 32.9 Å². The van der Waals surface area contributed by atoms with Gasteiger partial charge in [0, 0.05) is 11.4 Å². The number of carbonyl (C=O) groups excluding carboxylic acids is 1. The van der Waals surface area contributed by atoms with E-state index in [1.165, 1.54) is 11.0 Å². The summed E-state index contributed by atoms with van der Waals surface area (Å²) in [7, 11) is 0. The van der Waals surface area contributed by atoms with Crippen molar-refractivity contribution in [2.45, 2.75) is 80.3 Å². The van der Waals surface area contributed by atoms with Gasteiger partial charge >= 0.3 is 11.6 Å². The third kappa shape index (κ3) is 4.87. The lowest BCUT2D eigenvalue weighted by Gasteiger charge is -2.42. The number of ether oxygens (including phenoxy) is 1. The Morgan fingerprint density at radius 1 is 1.30 bits per heavy atom. The summed E-state index contributed by atoms with van der Waals surface area (Å²) in [5.41, 5.74) is -4.72. The minimum Gasteiger partial charge on any atom is -0.444 e. The lowest BCUT2D eigenvalue weighted by molar-refractivity contribution is -0.0328. The predicted molar refractivity (Wildman–Crippen MR) is 120 cm³/mol. The molecule has 1 aromatic carbocycles. The molecule has 0 spiro atoms. The maximum atomic E-state index is 15.5. The number of alkyl halides is 4. The highest BCUT2D eigenvalue weighted by atomic mass is 32.2. The van der Waals surface area contributed by atoms with Crippen molar-refractivity contribution in [2.24, 2.45) is 0 Å². The lowest BCUT2D eigenvalue weighted by atomic mass is 9.95. The standard InChI is InChI=1S/C22H23F4N3O2S2/c1-21(2,3)31-20(30)29-11-7-8-15(29)17(23)14(9-11)28-13-6-4-5-12-18(13)32-16(10-27)19(12)33-22(24,25)26/h4-6,11,14-15,17,28H,7-9H2,1-3H3/t11-,14-,15+,17-/m1/s1. The van der Waals surface area contributed by atoms with Crippen LogP contribution in [0.5, 0.6) is 0 Å². The normalized spacial score (nSPS) is 25.2. The highest BCUT2D eigenvalue weighted by molar-refractivity contribution is 8.00. The first kappa shape index (κ1) is 24.0. The van der Waals surface area contributed by atoms with Crippen LogP contribution in [0.3, 0.4) is 0 Å². The van der Waals surface area contributed by atoms with Gasteiger partial charge in [0.2, 0.25) is 0 Å². The molecule has 0 aliphatic carbocycles. The molecule has 1 N–H and O–H groups in total. The quantitative estimate of drug-likeness (QED) is 0.376. The van der Waals surface area contributed by atoms with Crippen LogP contribution in [0.2, 0.25) is 0 Å². The fourth-order valence-corrected chi connectivity index (χ4v) is 6.52. The zero-order valence-corrected chi connectivity index (χ0v) is 19.8. The van der Waals surface area contributed by atoms with Crippen molar-refractivity contribution >= 4 is 45.0 Å². The number of fused-ring (bicyclic) bond motifs is 3. The largest absolute Gasteiger partial charge is 0.446 e. The number of nitrogens with one attached hydrogen (secondary N) is 1. The van der Waals surface area contributed by atoms with Crippen LogP contribution in [-0.2, 0) is 4.74 Å². The van der Waals surface area contributed by atoms with Crippen LogP contribution in [0.4, 0.5) is 28.0 Å². The molecule has 5 nitrogen and oxygen atoms in total. The number of halogens is 4. The predicted octanol–water partition coefficient (Wildman–Crippen LogP) is 6.68. The topological polar surface area (TPSA) is 65.4 Å². The maximum Gasteiger partial charge on any atom is 0.446 e. The summed E-state index contributed by atoms with van der Waals surface area (Å²) in [4.78, 5) is 14.0. The van der Waals surface area contributed by atoms with Gasteiger partial charge in [0.1, 0.15) is 22.7 Å². The SMILES string of the molecule is CC(C)(C)OC(=O)N1[C@@H]2CC[C@H]1[C@H](F)[C@H](Nc1cccc3c(SC(F)(F)F)c(C#N)sc13)C2. The van der Waals surface area contributed by atoms with Crippen molar-refractivity contribution < 1.29 is 27.1 Å². The van der Waals surface area contributed by atoms with Gasteiger partial charge in [0.15, 0.2) is 0 Å². The van der Waals surface area contributed by atoms with Crippen LogP contribution in [0.1, 0.15) is 44.9 Å². The molecule has 1 amide bonds. The summed E-state index contributed by atoms with van der Waals surface area (Å²) >= 11 is 0.649. The molecule has 0 unspecified atom stereocenters. The van der Waals surface area contributed by atoms with Crippen molar-refractivity contribution in [2.75, 3.05) is 5.32 Å². The fourth-order valence-electron chi connectivity index (χ4n) is 4.59. The first-order valence-electron chi connectivity index (χ1n) is 10.5. The third-order valence-corrected chi connectivity index (χ3v) is 7.89. The molecule has 3 heterocycles.